The molecule has 0 heterocycles. The van der Waals surface area contributed by atoms with Gasteiger partial charge in [-0.25, -0.2) is 9.79 Å². The summed E-state index contributed by atoms with van der Waals surface area (Å²) in [7, 11) is 4.98. The molecule has 1 atom stereocenters. The third kappa shape index (κ3) is 11.3. The molecule has 0 radical (unpaired) electrons. The molecule has 0 aromatic heterocycles. The van der Waals surface area contributed by atoms with Gasteiger partial charge in [0.2, 0.25) is 0 Å². The molecule has 178 valence electrons. The van der Waals surface area contributed by atoms with E-state index >= 15 is 0 Å². The van der Waals surface area contributed by atoms with Gasteiger partial charge >= 0.3 is 6.09 Å². The third-order valence-electron chi connectivity index (χ3n) is 4.12. The van der Waals surface area contributed by atoms with E-state index in [0.717, 1.165) is 18.1 Å². The third-order valence-corrected chi connectivity index (χ3v) is 4.12. The second-order valence-electron chi connectivity index (χ2n) is 8.23. The fourth-order valence-electron chi connectivity index (χ4n) is 2.71. The molecule has 1 aromatic carbocycles. The van der Waals surface area contributed by atoms with E-state index in [1.54, 1.807) is 26.2 Å². The van der Waals surface area contributed by atoms with Crippen molar-refractivity contribution in [3.8, 4) is 11.5 Å². The van der Waals surface area contributed by atoms with Crippen molar-refractivity contribution in [2.75, 3.05) is 40.9 Å². The molecule has 0 saturated heterocycles. The Morgan fingerprint density at radius 2 is 1.81 bits per heavy atom. The second-order valence-corrected chi connectivity index (χ2v) is 8.23. The number of guanidine groups is 1. The summed E-state index contributed by atoms with van der Waals surface area (Å²) in [6.45, 7) is 12.2. The van der Waals surface area contributed by atoms with Crippen LogP contribution < -0.4 is 20.1 Å². The predicted octanol–water partition coefficient (Wildman–Crippen LogP) is 3.88. The lowest BCUT2D eigenvalue weighted by Crippen LogP contribution is -2.42. The first kappa shape index (κ1) is 29.1. The number of benzene rings is 1. The van der Waals surface area contributed by atoms with Gasteiger partial charge in [0.1, 0.15) is 5.60 Å². The number of rotatable bonds is 9. The molecule has 1 amide bonds. The first-order chi connectivity index (χ1) is 14.1. The van der Waals surface area contributed by atoms with Crippen LogP contribution in [-0.4, -0.2) is 63.5 Å². The number of hydrogen-bond acceptors (Lipinski definition) is 5. The van der Waals surface area contributed by atoms with Gasteiger partial charge in [0.15, 0.2) is 17.5 Å². The topological polar surface area (TPSA) is 84.4 Å². The number of ether oxygens (including phenoxy) is 3. The molecule has 9 heteroatoms. The van der Waals surface area contributed by atoms with Crippen molar-refractivity contribution < 1.29 is 19.0 Å². The fraction of sp³-hybridized carbons (Fsp3) is 0.636. The maximum Gasteiger partial charge on any atom is 0.410 e. The van der Waals surface area contributed by atoms with Gasteiger partial charge in [-0.15, -0.1) is 24.0 Å². The highest BCUT2D eigenvalue weighted by atomic mass is 127. The van der Waals surface area contributed by atoms with Crippen LogP contribution >= 0.6 is 24.0 Å². The molecule has 0 aliphatic heterocycles. The standard InChI is InChI=1S/C22H38N4O4.HI/c1-9-23-20(25-14-17-10-11-18(28-7)19(12-17)29-8)24-13-16(2)15-26(6)21(27)30-22(3,4)5;/h10-12,16H,9,13-15H2,1-8H3,(H2,23,24,25);1H. The molecule has 0 aliphatic rings. The number of carbonyl (C=O) groups excluding carboxylic acids is 1. The average Bonchev–Trinajstić information content (AvgIpc) is 2.68. The van der Waals surface area contributed by atoms with Crippen LogP contribution in [0.25, 0.3) is 0 Å². The number of methoxy groups -OCH3 is 2. The van der Waals surface area contributed by atoms with Crippen molar-refractivity contribution >= 4 is 36.0 Å². The Labute approximate surface area is 204 Å². The van der Waals surface area contributed by atoms with E-state index in [4.69, 9.17) is 14.2 Å². The summed E-state index contributed by atoms with van der Waals surface area (Å²) in [4.78, 5) is 18.4. The SMILES string of the molecule is CCNC(=NCc1ccc(OC)c(OC)c1)NCC(C)CN(C)C(=O)OC(C)(C)C.I. The lowest BCUT2D eigenvalue weighted by atomic mass is 10.1. The molecule has 1 unspecified atom stereocenters. The largest absolute Gasteiger partial charge is 0.493 e. The number of amides is 1. The van der Waals surface area contributed by atoms with E-state index in [2.05, 4.69) is 22.5 Å². The van der Waals surface area contributed by atoms with Crippen molar-refractivity contribution in [1.82, 2.24) is 15.5 Å². The Kier molecular flexibility index (Phi) is 13.3. The Bertz CT molecular complexity index is 707. The summed E-state index contributed by atoms with van der Waals surface area (Å²) < 4.78 is 16.0. The van der Waals surface area contributed by atoms with E-state index in [1.165, 1.54) is 0 Å². The van der Waals surface area contributed by atoms with Gasteiger partial charge < -0.3 is 29.7 Å². The molecule has 31 heavy (non-hydrogen) atoms. The fourth-order valence-corrected chi connectivity index (χ4v) is 2.71. The van der Waals surface area contributed by atoms with Gasteiger partial charge in [0.25, 0.3) is 0 Å². The molecule has 1 aromatic rings. The van der Waals surface area contributed by atoms with Gasteiger partial charge in [-0.2, -0.15) is 0 Å². The molecular formula is C22H39IN4O4. The van der Waals surface area contributed by atoms with Gasteiger partial charge in [0, 0.05) is 26.7 Å². The van der Waals surface area contributed by atoms with Crippen LogP contribution in [0.15, 0.2) is 23.2 Å². The van der Waals surface area contributed by atoms with Crippen LogP contribution in [-0.2, 0) is 11.3 Å². The van der Waals surface area contributed by atoms with E-state index in [9.17, 15) is 4.79 Å². The lowest BCUT2D eigenvalue weighted by molar-refractivity contribution is 0.0278. The molecule has 0 bridgehead atoms. The molecule has 0 saturated carbocycles. The predicted molar refractivity (Wildman–Crippen MR) is 136 cm³/mol. The van der Waals surface area contributed by atoms with Crippen LogP contribution in [0.5, 0.6) is 11.5 Å². The van der Waals surface area contributed by atoms with Gasteiger partial charge in [-0.05, 0) is 51.3 Å². The molecule has 0 spiro atoms. The molecule has 0 aliphatic carbocycles. The smallest absolute Gasteiger partial charge is 0.410 e. The van der Waals surface area contributed by atoms with Crippen molar-refractivity contribution in [1.29, 1.82) is 0 Å². The van der Waals surface area contributed by atoms with Gasteiger partial charge in [0.05, 0.1) is 20.8 Å². The Morgan fingerprint density at radius 1 is 1.16 bits per heavy atom. The first-order valence-corrected chi connectivity index (χ1v) is 10.3. The van der Waals surface area contributed by atoms with Gasteiger partial charge in [-0.1, -0.05) is 13.0 Å². The van der Waals surface area contributed by atoms with E-state index in [1.807, 2.05) is 45.9 Å². The summed E-state index contributed by atoms with van der Waals surface area (Å²) >= 11 is 0. The van der Waals surface area contributed by atoms with Crippen LogP contribution in [0.4, 0.5) is 4.79 Å². The van der Waals surface area contributed by atoms with E-state index < -0.39 is 5.60 Å². The minimum atomic E-state index is -0.498. The number of carbonyl (C=O) groups is 1. The Morgan fingerprint density at radius 3 is 2.35 bits per heavy atom. The minimum absolute atomic E-state index is 0. The van der Waals surface area contributed by atoms with Gasteiger partial charge in [-0.3, -0.25) is 0 Å². The van der Waals surface area contributed by atoms with Crippen LogP contribution in [0.3, 0.4) is 0 Å². The normalized spacial score (nSPS) is 12.3. The lowest BCUT2D eigenvalue weighted by Gasteiger charge is -2.26. The summed E-state index contributed by atoms with van der Waals surface area (Å²) in [5, 5.41) is 6.58. The van der Waals surface area contributed by atoms with Crippen molar-refractivity contribution in [3.63, 3.8) is 0 Å². The zero-order valence-electron chi connectivity index (χ0n) is 20.1. The summed E-state index contributed by atoms with van der Waals surface area (Å²) in [5.74, 6) is 2.31. The van der Waals surface area contributed by atoms with Crippen molar-refractivity contribution in [2.45, 2.75) is 46.8 Å². The quantitative estimate of drug-likeness (QED) is 0.276. The maximum atomic E-state index is 12.1. The van der Waals surface area contributed by atoms with Crippen molar-refractivity contribution in [2.24, 2.45) is 10.9 Å². The molecule has 2 N–H and O–H groups in total. The zero-order valence-corrected chi connectivity index (χ0v) is 22.4. The number of aliphatic imine (C=N–C) groups is 1. The monoisotopic (exact) mass is 550 g/mol. The second kappa shape index (κ2) is 14.2. The molecular weight excluding hydrogens is 511 g/mol. The number of halogens is 1. The summed E-state index contributed by atoms with van der Waals surface area (Å²) in [6.07, 6.45) is -0.316. The highest BCUT2D eigenvalue weighted by Crippen LogP contribution is 2.27. The van der Waals surface area contributed by atoms with E-state index in [0.29, 0.717) is 31.1 Å². The van der Waals surface area contributed by atoms with Crippen molar-refractivity contribution in [3.05, 3.63) is 23.8 Å². The Balaban J connectivity index is 0.00000900. The number of nitrogens with zero attached hydrogens (tertiary/aromatic N) is 2. The average molecular weight is 550 g/mol. The van der Waals surface area contributed by atoms with Crippen LogP contribution in [0, 0.1) is 5.92 Å². The maximum absolute atomic E-state index is 12.1. The zero-order chi connectivity index (χ0) is 22.7. The highest BCUT2D eigenvalue weighted by molar-refractivity contribution is 14.0. The molecule has 0 fully saturated rings. The Hall–Kier alpha value is -1.91. The van der Waals surface area contributed by atoms with Crippen LogP contribution in [0.1, 0.15) is 40.2 Å². The first-order valence-electron chi connectivity index (χ1n) is 10.3. The number of hydrogen-bond donors (Lipinski definition) is 2. The van der Waals surface area contributed by atoms with Crippen LogP contribution in [0.2, 0.25) is 0 Å². The molecule has 1 rings (SSSR count). The number of nitrogens with one attached hydrogen (secondary N) is 2. The summed E-state index contributed by atoms with van der Waals surface area (Å²) in [6, 6.07) is 5.76. The van der Waals surface area contributed by atoms with E-state index in [-0.39, 0.29) is 36.0 Å². The summed E-state index contributed by atoms with van der Waals surface area (Å²) in [5.41, 5.74) is 0.518. The minimum Gasteiger partial charge on any atom is -0.493 e. The molecule has 8 nitrogen and oxygen atoms in total. The highest BCUT2D eigenvalue weighted by Gasteiger charge is 2.20.